The van der Waals surface area contributed by atoms with Gasteiger partial charge in [-0.15, -0.1) is 0 Å². The van der Waals surface area contributed by atoms with Crippen molar-refractivity contribution in [1.82, 2.24) is 0 Å². The van der Waals surface area contributed by atoms with Crippen LogP contribution in [0.2, 0.25) is 0 Å². The second-order valence-corrected chi connectivity index (χ2v) is 7.01. The molecule has 1 aromatic carbocycles. The quantitative estimate of drug-likeness (QED) is 0.629. The van der Waals surface area contributed by atoms with Crippen molar-refractivity contribution in [2.45, 2.75) is 37.2 Å². The molecule has 1 aromatic rings. The van der Waals surface area contributed by atoms with Crippen LogP contribution in [0.3, 0.4) is 0 Å². The zero-order valence-electron chi connectivity index (χ0n) is 10.9. The van der Waals surface area contributed by atoms with E-state index in [1.54, 1.807) is 31.2 Å². The molecule has 2 heterocycles. The fourth-order valence-corrected chi connectivity index (χ4v) is 4.49. The van der Waals surface area contributed by atoms with Gasteiger partial charge in [0.25, 0.3) is 0 Å². The summed E-state index contributed by atoms with van der Waals surface area (Å²) < 4.78 is 35.7. The first-order valence-electron chi connectivity index (χ1n) is 6.26. The average Bonchev–Trinajstić information content (AvgIpc) is 2.81. The fraction of sp³-hybridized carbons (Fsp3) is 0.429. The molecule has 0 spiro atoms. The minimum Gasteiger partial charge on any atom is -0.382 e. The van der Waals surface area contributed by atoms with Crippen LogP contribution in [0.1, 0.15) is 20.3 Å². The summed E-state index contributed by atoms with van der Waals surface area (Å²) in [4.78, 5) is 0. The highest BCUT2D eigenvalue weighted by Crippen LogP contribution is 2.45. The largest absolute Gasteiger partial charge is 0.382 e. The van der Waals surface area contributed by atoms with Gasteiger partial charge in [0.2, 0.25) is 0 Å². The molecule has 0 aromatic heterocycles. The van der Waals surface area contributed by atoms with Gasteiger partial charge in [0, 0.05) is 6.42 Å². The van der Waals surface area contributed by atoms with Gasteiger partial charge in [0.05, 0.1) is 6.10 Å². The van der Waals surface area contributed by atoms with Crippen molar-refractivity contribution < 1.29 is 17.3 Å². The van der Waals surface area contributed by atoms with Crippen molar-refractivity contribution in [1.29, 1.82) is 0 Å². The Hall–Kier alpha value is -1.33. The maximum atomic E-state index is 12.4. The maximum Gasteiger partial charge on any atom is 0.315 e. The van der Waals surface area contributed by atoms with E-state index in [2.05, 4.69) is 0 Å². The van der Waals surface area contributed by atoms with Crippen molar-refractivity contribution in [3.05, 3.63) is 42.0 Å². The molecule has 0 aliphatic carbocycles. The molecule has 2 aliphatic rings. The highest BCUT2D eigenvalue weighted by molar-refractivity contribution is 7.87. The molecule has 1 saturated heterocycles. The molecule has 19 heavy (non-hydrogen) atoms. The van der Waals surface area contributed by atoms with Crippen LogP contribution in [-0.2, 0) is 14.9 Å². The van der Waals surface area contributed by atoms with Gasteiger partial charge in [-0.1, -0.05) is 24.3 Å². The van der Waals surface area contributed by atoms with Crippen LogP contribution < -0.4 is 4.18 Å². The van der Waals surface area contributed by atoms with Crippen LogP contribution in [0.15, 0.2) is 42.0 Å². The van der Waals surface area contributed by atoms with Crippen molar-refractivity contribution in [3.63, 3.8) is 0 Å². The zero-order valence-corrected chi connectivity index (χ0v) is 11.7. The van der Waals surface area contributed by atoms with E-state index >= 15 is 0 Å². The van der Waals surface area contributed by atoms with E-state index in [4.69, 9.17) is 8.92 Å². The monoisotopic (exact) mass is 280 g/mol. The standard InChI is InChI=1S/C14H16O4S/c1-10-9-14(2)13(8-12(10)17-14)19(15,16)18-11-6-4-3-5-7-11/h3-7,9,12-13H,8H2,1-2H3/t12-,13-,14-/m0/s1. The molecule has 0 amide bonds. The minimum absolute atomic E-state index is 0.0934. The summed E-state index contributed by atoms with van der Waals surface area (Å²) in [7, 11) is -3.70. The van der Waals surface area contributed by atoms with Crippen LogP contribution in [0, 0.1) is 0 Å². The van der Waals surface area contributed by atoms with Gasteiger partial charge in [-0.2, -0.15) is 8.42 Å². The Labute approximate surface area is 113 Å². The van der Waals surface area contributed by atoms with Crippen LogP contribution >= 0.6 is 0 Å². The third-order valence-corrected chi connectivity index (χ3v) is 5.57. The molecule has 5 heteroatoms. The third-order valence-electron chi connectivity index (χ3n) is 3.79. The van der Waals surface area contributed by atoms with E-state index in [1.165, 1.54) is 0 Å². The number of benzene rings is 1. The molecular weight excluding hydrogens is 264 g/mol. The van der Waals surface area contributed by atoms with E-state index in [-0.39, 0.29) is 6.10 Å². The summed E-state index contributed by atoms with van der Waals surface area (Å²) in [5, 5.41) is -0.645. The summed E-state index contributed by atoms with van der Waals surface area (Å²) in [6.45, 7) is 3.77. The molecule has 0 unspecified atom stereocenters. The zero-order chi connectivity index (χ0) is 13.7. The Kier molecular flexibility index (Phi) is 2.73. The Bertz CT molecular complexity index is 620. The molecule has 3 atom stereocenters. The molecule has 0 saturated carbocycles. The molecule has 2 aliphatic heterocycles. The topological polar surface area (TPSA) is 52.6 Å². The van der Waals surface area contributed by atoms with Gasteiger partial charge in [0.15, 0.2) is 0 Å². The molecule has 0 radical (unpaired) electrons. The van der Waals surface area contributed by atoms with Crippen molar-refractivity contribution >= 4 is 10.1 Å². The molecule has 2 bridgehead atoms. The number of fused-ring (bicyclic) bond motifs is 2. The fourth-order valence-electron chi connectivity index (χ4n) is 2.88. The number of rotatable bonds is 3. The predicted octanol–water partition coefficient (Wildman–Crippen LogP) is 2.27. The second kappa shape index (κ2) is 4.08. The lowest BCUT2D eigenvalue weighted by Crippen LogP contribution is -2.41. The van der Waals surface area contributed by atoms with Crippen molar-refractivity contribution in [3.8, 4) is 5.75 Å². The first kappa shape index (κ1) is 12.7. The average molecular weight is 280 g/mol. The Balaban J connectivity index is 1.87. The highest BCUT2D eigenvalue weighted by atomic mass is 32.2. The maximum absolute atomic E-state index is 12.4. The molecule has 4 nitrogen and oxygen atoms in total. The lowest BCUT2D eigenvalue weighted by molar-refractivity contribution is 0.0444. The van der Waals surface area contributed by atoms with Crippen molar-refractivity contribution in [2.75, 3.05) is 0 Å². The van der Waals surface area contributed by atoms with Gasteiger partial charge in [-0.25, -0.2) is 0 Å². The summed E-state index contributed by atoms with van der Waals surface area (Å²) in [6, 6.07) is 8.57. The third kappa shape index (κ3) is 2.07. The normalized spacial score (nSPS) is 33.3. The Morgan fingerprint density at radius 3 is 2.53 bits per heavy atom. The molecule has 102 valence electrons. The lowest BCUT2D eigenvalue weighted by atomic mass is 9.92. The Morgan fingerprint density at radius 2 is 2.00 bits per heavy atom. The van der Waals surface area contributed by atoms with E-state index in [0.29, 0.717) is 12.2 Å². The first-order chi connectivity index (χ1) is 8.91. The number of ether oxygens (including phenoxy) is 1. The van der Waals surface area contributed by atoms with Gasteiger partial charge in [-0.3, -0.25) is 0 Å². The van der Waals surface area contributed by atoms with E-state index in [0.717, 1.165) is 5.57 Å². The summed E-state index contributed by atoms with van der Waals surface area (Å²) in [6.07, 6.45) is 2.27. The number of para-hydroxylation sites is 1. The predicted molar refractivity (Wildman–Crippen MR) is 71.4 cm³/mol. The van der Waals surface area contributed by atoms with Gasteiger partial charge >= 0.3 is 10.1 Å². The number of hydrogen-bond donors (Lipinski definition) is 0. The first-order valence-corrected chi connectivity index (χ1v) is 7.73. The summed E-state index contributed by atoms with van der Waals surface area (Å²) in [5.74, 6) is 0.342. The van der Waals surface area contributed by atoms with Crippen LogP contribution in [0.4, 0.5) is 0 Å². The molecule has 0 N–H and O–H groups in total. The van der Waals surface area contributed by atoms with Crippen LogP contribution in [0.25, 0.3) is 0 Å². The van der Waals surface area contributed by atoms with E-state index < -0.39 is 21.0 Å². The summed E-state index contributed by atoms with van der Waals surface area (Å²) >= 11 is 0. The smallest absolute Gasteiger partial charge is 0.315 e. The SMILES string of the molecule is CC1=C[C@]2(C)O[C@H]1C[C@@H]2S(=O)(=O)Oc1ccccc1. The van der Waals surface area contributed by atoms with Crippen LogP contribution in [-0.4, -0.2) is 25.4 Å². The van der Waals surface area contributed by atoms with Gasteiger partial charge in [-0.05, 0) is 31.6 Å². The van der Waals surface area contributed by atoms with Gasteiger partial charge < -0.3 is 8.92 Å². The number of hydrogen-bond acceptors (Lipinski definition) is 4. The highest BCUT2D eigenvalue weighted by Gasteiger charge is 2.55. The van der Waals surface area contributed by atoms with Crippen LogP contribution in [0.5, 0.6) is 5.75 Å². The lowest BCUT2D eigenvalue weighted by Gasteiger charge is -2.25. The summed E-state index contributed by atoms with van der Waals surface area (Å²) in [5.41, 5.74) is 0.344. The van der Waals surface area contributed by atoms with E-state index in [9.17, 15) is 8.42 Å². The molecular formula is C14H16O4S. The molecule has 3 rings (SSSR count). The van der Waals surface area contributed by atoms with Gasteiger partial charge in [0.1, 0.15) is 16.6 Å². The van der Waals surface area contributed by atoms with Crippen molar-refractivity contribution in [2.24, 2.45) is 0 Å². The van der Waals surface area contributed by atoms with E-state index in [1.807, 2.05) is 19.1 Å². The minimum atomic E-state index is -3.70. The molecule has 1 fully saturated rings. The Morgan fingerprint density at radius 1 is 1.32 bits per heavy atom. The second-order valence-electron chi connectivity index (χ2n) is 5.29.